The quantitative estimate of drug-likeness (QED) is 0.136. The fraction of sp³-hybridized carbons (Fsp3) is 0.769. The molecule has 0 amide bonds. The van der Waals surface area contributed by atoms with Crippen molar-refractivity contribution >= 4 is 8.60 Å². The SMILES string of the molecule is CC(C)CCCCCCCOP(OCCCCCCCC(C)C)Oc1ccccc1.[Cl-].[Cl-].[Zn+2]. The average molecular weight is 575 g/mol. The van der Waals surface area contributed by atoms with Crippen LogP contribution in [0.15, 0.2) is 30.3 Å². The van der Waals surface area contributed by atoms with Gasteiger partial charge in [0.2, 0.25) is 0 Å². The third kappa shape index (κ3) is 25.5. The Balaban J connectivity index is -0.00000300. The number of benzene rings is 1. The predicted molar refractivity (Wildman–Crippen MR) is 131 cm³/mol. The minimum absolute atomic E-state index is 0. The van der Waals surface area contributed by atoms with Crippen LogP contribution in [0.25, 0.3) is 0 Å². The molecule has 0 aliphatic rings. The third-order valence-electron chi connectivity index (χ3n) is 5.17. The molecule has 3 nitrogen and oxygen atoms in total. The maximum atomic E-state index is 5.98. The molecule has 0 saturated carbocycles. The van der Waals surface area contributed by atoms with Crippen molar-refractivity contribution in [1.82, 2.24) is 0 Å². The standard InChI is InChI=1S/C26H47O3P.2ClH.Zn/c1-24(2)18-12-7-5-9-16-22-27-30(29-26-20-14-11-15-21-26)28-23-17-10-6-8-13-19-25(3)4;;;/h11,14-15,20-21,24-25H,5-10,12-13,16-19,22-23H2,1-4H3;2*1H;/q;;;+2/p-2. The van der Waals surface area contributed by atoms with E-state index in [0.717, 1.165) is 43.6 Å². The van der Waals surface area contributed by atoms with Crippen molar-refractivity contribution in [3.8, 4) is 5.75 Å². The first kappa shape index (κ1) is 38.1. The normalized spacial score (nSPS) is 10.6. The van der Waals surface area contributed by atoms with Gasteiger partial charge in [-0.3, -0.25) is 0 Å². The van der Waals surface area contributed by atoms with Gasteiger partial charge in [0.25, 0.3) is 0 Å². The first-order valence-electron chi connectivity index (χ1n) is 12.4. The van der Waals surface area contributed by atoms with Crippen molar-refractivity contribution in [2.24, 2.45) is 11.8 Å². The molecule has 1 aromatic carbocycles. The van der Waals surface area contributed by atoms with Crippen LogP contribution in [0, 0.1) is 11.8 Å². The van der Waals surface area contributed by atoms with Crippen molar-refractivity contribution in [3.05, 3.63) is 30.3 Å². The second-order valence-corrected chi connectivity index (χ2v) is 10.3. The summed E-state index contributed by atoms with van der Waals surface area (Å²) in [6, 6.07) is 9.89. The van der Waals surface area contributed by atoms with Crippen molar-refractivity contribution in [1.29, 1.82) is 0 Å². The minimum atomic E-state index is -1.31. The Morgan fingerprint density at radius 1 is 0.606 bits per heavy atom. The van der Waals surface area contributed by atoms with Crippen LogP contribution in [0.3, 0.4) is 0 Å². The first-order valence-corrected chi connectivity index (χ1v) is 13.5. The van der Waals surface area contributed by atoms with Gasteiger partial charge in [-0.25, -0.2) is 0 Å². The number of rotatable bonds is 20. The molecule has 7 heteroatoms. The average Bonchev–Trinajstić information content (AvgIpc) is 2.72. The van der Waals surface area contributed by atoms with Gasteiger partial charge in [0.15, 0.2) is 0 Å². The summed E-state index contributed by atoms with van der Waals surface area (Å²) in [7, 11) is -1.31. The van der Waals surface area contributed by atoms with Crippen molar-refractivity contribution in [3.63, 3.8) is 0 Å². The molecule has 1 aromatic rings. The molecule has 0 spiro atoms. The van der Waals surface area contributed by atoms with Crippen LogP contribution in [0.5, 0.6) is 5.75 Å². The zero-order chi connectivity index (χ0) is 21.9. The van der Waals surface area contributed by atoms with Gasteiger partial charge in [-0.15, -0.1) is 0 Å². The molecule has 33 heavy (non-hydrogen) atoms. The molecule has 0 radical (unpaired) electrons. The van der Waals surface area contributed by atoms with Gasteiger partial charge in [-0.2, -0.15) is 0 Å². The van der Waals surface area contributed by atoms with Crippen molar-refractivity contribution in [2.75, 3.05) is 13.2 Å². The monoisotopic (exact) mass is 572 g/mol. The van der Waals surface area contributed by atoms with E-state index in [1.165, 1.54) is 64.2 Å². The Morgan fingerprint density at radius 3 is 1.42 bits per heavy atom. The molecule has 0 aliphatic heterocycles. The smallest absolute Gasteiger partial charge is 1.00 e. The molecule has 0 unspecified atom stereocenters. The zero-order valence-electron chi connectivity index (χ0n) is 21.6. The van der Waals surface area contributed by atoms with Crippen LogP contribution in [0.2, 0.25) is 0 Å². The van der Waals surface area contributed by atoms with E-state index in [4.69, 9.17) is 13.6 Å². The van der Waals surface area contributed by atoms with Gasteiger partial charge in [-0.1, -0.05) is 110 Å². The van der Waals surface area contributed by atoms with Crippen LogP contribution in [0.1, 0.15) is 105 Å². The molecule has 0 fully saturated rings. The first-order chi connectivity index (χ1) is 14.6. The van der Waals surface area contributed by atoms with Crippen LogP contribution < -0.4 is 29.3 Å². The summed E-state index contributed by atoms with van der Waals surface area (Å²) < 4.78 is 17.9. The van der Waals surface area contributed by atoms with Crippen LogP contribution >= 0.6 is 8.60 Å². The van der Waals surface area contributed by atoms with E-state index in [2.05, 4.69) is 27.7 Å². The van der Waals surface area contributed by atoms with Crippen molar-refractivity contribution in [2.45, 2.75) is 105 Å². The van der Waals surface area contributed by atoms with E-state index in [1.54, 1.807) is 0 Å². The van der Waals surface area contributed by atoms with E-state index in [0.29, 0.717) is 0 Å². The molecule has 1 rings (SSSR count). The fourth-order valence-electron chi connectivity index (χ4n) is 3.31. The third-order valence-corrected chi connectivity index (χ3v) is 6.31. The minimum Gasteiger partial charge on any atom is -1.00 e. The van der Waals surface area contributed by atoms with Crippen LogP contribution in [-0.2, 0) is 28.5 Å². The largest absolute Gasteiger partial charge is 2.00 e. The zero-order valence-corrected chi connectivity index (χ0v) is 26.9. The summed E-state index contributed by atoms with van der Waals surface area (Å²) in [6.45, 7) is 10.6. The van der Waals surface area contributed by atoms with Gasteiger partial charge < -0.3 is 38.4 Å². The molecule has 0 N–H and O–H groups in total. The summed E-state index contributed by atoms with van der Waals surface area (Å²) in [4.78, 5) is 0. The summed E-state index contributed by atoms with van der Waals surface area (Å²) in [5, 5.41) is 0. The number of hydrogen-bond donors (Lipinski definition) is 0. The van der Waals surface area contributed by atoms with Crippen molar-refractivity contribution < 1.29 is 57.9 Å². The Kier molecular flexibility index (Phi) is 31.4. The number of para-hydroxylation sites is 1. The molecule has 0 saturated heterocycles. The van der Waals surface area contributed by atoms with Gasteiger partial charge >= 0.3 is 28.1 Å². The second-order valence-electron chi connectivity index (χ2n) is 9.19. The van der Waals surface area contributed by atoms with Crippen LogP contribution in [-0.4, -0.2) is 13.2 Å². The summed E-state index contributed by atoms with van der Waals surface area (Å²) in [5.41, 5.74) is 0. The fourth-order valence-corrected chi connectivity index (χ4v) is 4.34. The van der Waals surface area contributed by atoms with Gasteiger partial charge in [0.1, 0.15) is 5.75 Å². The van der Waals surface area contributed by atoms with E-state index in [-0.39, 0.29) is 44.3 Å². The molecular weight excluding hydrogens is 528 g/mol. The Morgan fingerprint density at radius 2 is 1.00 bits per heavy atom. The van der Waals surface area contributed by atoms with E-state index in [1.807, 2.05) is 30.3 Å². The summed E-state index contributed by atoms with van der Waals surface area (Å²) in [6.07, 6.45) is 15.3. The van der Waals surface area contributed by atoms with Gasteiger partial charge in [0.05, 0.1) is 13.2 Å². The second kappa shape index (κ2) is 27.2. The number of halogens is 2. The molecule has 0 heterocycles. The molecule has 0 aromatic heterocycles. The summed E-state index contributed by atoms with van der Waals surface area (Å²) >= 11 is 0. The van der Waals surface area contributed by atoms with E-state index in [9.17, 15) is 0 Å². The summed E-state index contributed by atoms with van der Waals surface area (Å²) in [5.74, 6) is 2.47. The topological polar surface area (TPSA) is 27.7 Å². The Bertz CT molecular complexity index is 472. The Hall–Kier alpha value is 0.573. The molecule has 0 atom stereocenters. The number of unbranched alkanes of at least 4 members (excludes halogenated alkanes) is 8. The molecule has 0 bridgehead atoms. The van der Waals surface area contributed by atoms with Gasteiger partial charge in [-0.05, 0) is 36.8 Å². The maximum Gasteiger partial charge on any atom is 2.00 e. The molecule has 0 aliphatic carbocycles. The Labute approximate surface area is 231 Å². The van der Waals surface area contributed by atoms with E-state index >= 15 is 0 Å². The molecule has 190 valence electrons. The predicted octanol–water partition coefficient (Wildman–Crippen LogP) is 3.32. The van der Waals surface area contributed by atoms with E-state index < -0.39 is 8.60 Å². The maximum absolute atomic E-state index is 5.98. The van der Waals surface area contributed by atoms with Crippen LogP contribution in [0.4, 0.5) is 0 Å². The number of hydrogen-bond acceptors (Lipinski definition) is 3. The molecular formula is C26H47Cl2O3PZn. The van der Waals surface area contributed by atoms with Gasteiger partial charge in [0, 0.05) is 0 Å².